The van der Waals surface area contributed by atoms with Gasteiger partial charge in [-0.15, -0.1) is 0 Å². The number of aliphatic hydroxyl groups is 1. The molecule has 1 aromatic rings. The standard InChI is InChI=1S/C18H27F2N3O2/c1-13(14-3-4-15(19)16(20)9-14)10-22-17(21-2)23-11-18(5-7-24)6-8-25-12-18/h3-4,9,13,24H,5-8,10-12H2,1-2H3,(H2,21,22,23). The zero-order chi connectivity index (χ0) is 18.3. The maximum absolute atomic E-state index is 13.3. The molecule has 1 saturated heterocycles. The molecule has 1 aliphatic heterocycles. The summed E-state index contributed by atoms with van der Waals surface area (Å²) in [6, 6.07) is 3.96. The van der Waals surface area contributed by atoms with Crippen LogP contribution in [0.2, 0.25) is 0 Å². The van der Waals surface area contributed by atoms with E-state index < -0.39 is 11.6 Å². The molecule has 5 nitrogen and oxygen atoms in total. The quantitative estimate of drug-likeness (QED) is 0.517. The minimum Gasteiger partial charge on any atom is -0.396 e. The summed E-state index contributed by atoms with van der Waals surface area (Å²) in [4.78, 5) is 4.19. The van der Waals surface area contributed by atoms with Crippen LogP contribution in [-0.4, -0.2) is 51.0 Å². The van der Waals surface area contributed by atoms with Crippen LogP contribution in [0.1, 0.15) is 31.2 Å². The smallest absolute Gasteiger partial charge is 0.191 e. The van der Waals surface area contributed by atoms with Crippen LogP contribution in [0.4, 0.5) is 8.78 Å². The lowest BCUT2D eigenvalue weighted by atomic mass is 9.84. The molecule has 25 heavy (non-hydrogen) atoms. The molecule has 0 aromatic heterocycles. The Labute approximate surface area is 147 Å². The molecule has 1 aromatic carbocycles. The Bertz CT molecular complexity index is 590. The van der Waals surface area contributed by atoms with Crippen LogP contribution >= 0.6 is 0 Å². The van der Waals surface area contributed by atoms with Crippen LogP contribution in [-0.2, 0) is 4.74 Å². The molecule has 0 bridgehead atoms. The number of ether oxygens (including phenoxy) is 1. The van der Waals surface area contributed by atoms with Gasteiger partial charge in [0.25, 0.3) is 0 Å². The molecule has 1 heterocycles. The highest BCUT2D eigenvalue weighted by Crippen LogP contribution is 2.31. The zero-order valence-electron chi connectivity index (χ0n) is 14.8. The summed E-state index contributed by atoms with van der Waals surface area (Å²) < 4.78 is 31.9. The van der Waals surface area contributed by atoms with E-state index in [1.54, 1.807) is 13.1 Å². The Morgan fingerprint density at radius 2 is 2.16 bits per heavy atom. The van der Waals surface area contributed by atoms with Crippen molar-refractivity contribution in [1.29, 1.82) is 0 Å². The van der Waals surface area contributed by atoms with Gasteiger partial charge in [-0.1, -0.05) is 13.0 Å². The van der Waals surface area contributed by atoms with E-state index in [0.29, 0.717) is 38.7 Å². The van der Waals surface area contributed by atoms with E-state index in [0.717, 1.165) is 18.1 Å². The van der Waals surface area contributed by atoms with Crippen molar-refractivity contribution in [3.63, 3.8) is 0 Å². The molecule has 2 atom stereocenters. The molecule has 7 heteroatoms. The van der Waals surface area contributed by atoms with Crippen LogP contribution in [0.3, 0.4) is 0 Å². The molecule has 0 aliphatic carbocycles. The van der Waals surface area contributed by atoms with Crippen molar-refractivity contribution < 1.29 is 18.6 Å². The summed E-state index contributed by atoms with van der Waals surface area (Å²) in [6.07, 6.45) is 1.59. The van der Waals surface area contributed by atoms with Gasteiger partial charge in [-0.3, -0.25) is 4.99 Å². The monoisotopic (exact) mass is 355 g/mol. The van der Waals surface area contributed by atoms with Gasteiger partial charge in [-0.05, 0) is 36.5 Å². The van der Waals surface area contributed by atoms with Crippen molar-refractivity contribution in [2.45, 2.75) is 25.7 Å². The molecule has 0 saturated carbocycles. The SMILES string of the molecule is CN=C(NCC(C)c1ccc(F)c(F)c1)NCC1(CCO)CCOC1. The maximum Gasteiger partial charge on any atom is 0.191 e. The first-order valence-corrected chi connectivity index (χ1v) is 8.58. The van der Waals surface area contributed by atoms with Gasteiger partial charge in [0.05, 0.1) is 6.61 Å². The Morgan fingerprint density at radius 3 is 2.76 bits per heavy atom. The van der Waals surface area contributed by atoms with Crippen LogP contribution in [0.15, 0.2) is 23.2 Å². The lowest BCUT2D eigenvalue weighted by Crippen LogP contribution is -2.45. The number of rotatable bonds is 7. The Morgan fingerprint density at radius 1 is 1.36 bits per heavy atom. The first-order chi connectivity index (χ1) is 12.0. The summed E-state index contributed by atoms with van der Waals surface area (Å²) in [5.41, 5.74) is 0.653. The van der Waals surface area contributed by atoms with Gasteiger partial charge in [-0.25, -0.2) is 8.78 Å². The predicted molar refractivity (Wildman–Crippen MR) is 93.7 cm³/mol. The van der Waals surface area contributed by atoms with Crippen molar-refractivity contribution in [3.8, 4) is 0 Å². The molecular formula is C18H27F2N3O2. The highest BCUT2D eigenvalue weighted by Gasteiger charge is 2.34. The second-order valence-electron chi connectivity index (χ2n) is 6.66. The van der Waals surface area contributed by atoms with E-state index in [2.05, 4.69) is 15.6 Å². The second kappa shape index (κ2) is 9.10. The zero-order valence-corrected chi connectivity index (χ0v) is 14.8. The van der Waals surface area contributed by atoms with Crippen molar-refractivity contribution in [1.82, 2.24) is 10.6 Å². The predicted octanol–water partition coefficient (Wildman–Crippen LogP) is 2.02. The fourth-order valence-corrected chi connectivity index (χ4v) is 2.99. The van der Waals surface area contributed by atoms with E-state index >= 15 is 0 Å². The number of nitrogens with one attached hydrogen (secondary N) is 2. The number of benzene rings is 1. The molecule has 1 aliphatic rings. The first kappa shape index (κ1) is 19.6. The van der Waals surface area contributed by atoms with Gasteiger partial charge in [-0.2, -0.15) is 0 Å². The van der Waals surface area contributed by atoms with Gasteiger partial charge in [0.15, 0.2) is 17.6 Å². The van der Waals surface area contributed by atoms with E-state index in [4.69, 9.17) is 4.74 Å². The molecule has 140 valence electrons. The third kappa shape index (κ3) is 5.37. The topological polar surface area (TPSA) is 65.9 Å². The molecule has 0 amide bonds. The highest BCUT2D eigenvalue weighted by molar-refractivity contribution is 5.79. The molecule has 3 N–H and O–H groups in total. The van der Waals surface area contributed by atoms with E-state index in [-0.39, 0.29) is 17.9 Å². The number of halogens is 2. The third-order valence-electron chi connectivity index (χ3n) is 4.77. The number of hydrogen-bond acceptors (Lipinski definition) is 3. The largest absolute Gasteiger partial charge is 0.396 e. The van der Waals surface area contributed by atoms with Crippen LogP contribution in [0.5, 0.6) is 0 Å². The number of hydrogen-bond donors (Lipinski definition) is 3. The molecule has 2 rings (SSSR count). The molecular weight excluding hydrogens is 328 g/mol. The van der Waals surface area contributed by atoms with Crippen LogP contribution < -0.4 is 10.6 Å². The van der Waals surface area contributed by atoms with Gasteiger partial charge < -0.3 is 20.5 Å². The average molecular weight is 355 g/mol. The maximum atomic E-state index is 13.3. The van der Waals surface area contributed by atoms with Gasteiger partial charge in [0, 0.05) is 38.8 Å². The minimum atomic E-state index is -0.839. The lowest BCUT2D eigenvalue weighted by Gasteiger charge is -2.28. The summed E-state index contributed by atoms with van der Waals surface area (Å²) in [6.45, 7) is 4.60. The number of guanidine groups is 1. The normalized spacial score (nSPS) is 22.0. The number of nitrogens with zero attached hydrogens (tertiary/aromatic N) is 1. The molecule has 1 fully saturated rings. The summed E-state index contributed by atoms with van der Waals surface area (Å²) in [7, 11) is 1.68. The van der Waals surface area contributed by atoms with Gasteiger partial charge >= 0.3 is 0 Å². The molecule has 0 radical (unpaired) electrons. The Hall–Kier alpha value is -1.73. The molecule has 0 spiro atoms. The Balaban J connectivity index is 1.86. The summed E-state index contributed by atoms with van der Waals surface area (Å²) in [5.74, 6) is -1.04. The van der Waals surface area contributed by atoms with Crippen LogP contribution in [0, 0.1) is 17.0 Å². The first-order valence-electron chi connectivity index (χ1n) is 8.58. The van der Waals surface area contributed by atoms with Gasteiger partial charge in [0.1, 0.15) is 0 Å². The van der Waals surface area contributed by atoms with E-state index in [1.165, 1.54) is 6.07 Å². The van der Waals surface area contributed by atoms with E-state index in [1.807, 2.05) is 6.92 Å². The Kier molecular flexibility index (Phi) is 7.13. The van der Waals surface area contributed by atoms with E-state index in [9.17, 15) is 13.9 Å². The van der Waals surface area contributed by atoms with Crippen LogP contribution in [0.25, 0.3) is 0 Å². The average Bonchev–Trinajstić information content (AvgIpc) is 3.06. The molecule has 2 unspecified atom stereocenters. The number of aliphatic imine (C=N–C) groups is 1. The second-order valence-corrected chi connectivity index (χ2v) is 6.66. The number of aliphatic hydroxyl groups excluding tert-OH is 1. The fourth-order valence-electron chi connectivity index (χ4n) is 2.99. The lowest BCUT2D eigenvalue weighted by molar-refractivity contribution is 0.127. The van der Waals surface area contributed by atoms with Crippen molar-refractivity contribution in [2.75, 3.05) is 40.0 Å². The van der Waals surface area contributed by atoms with Crippen molar-refractivity contribution in [3.05, 3.63) is 35.4 Å². The minimum absolute atomic E-state index is 0.00475. The highest BCUT2D eigenvalue weighted by atomic mass is 19.2. The fraction of sp³-hybridized carbons (Fsp3) is 0.611. The summed E-state index contributed by atoms with van der Waals surface area (Å²) >= 11 is 0. The van der Waals surface area contributed by atoms with Crippen molar-refractivity contribution >= 4 is 5.96 Å². The van der Waals surface area contributed by atoms with Crippen molar-refractivity contribution in [2.24, 2.45) is 10.4 Å². The van der Waals surface area contributed by atoms with Gasteiger partial charge in [0.2, 0.25) is 0 Å². The summed E-state index contributed by atoms with van der Waals surface area (Å²) in [5, 5.41) is 15.8. The third-order valence-corrected chi connectivity index (χ3v) is 4.77.